The Morgan fingerprint density at radius 3 is 2.64 bits per heavy atom. The highest BCUT2D eigenvalue weighted by Gasteiger charge is 2.34. The van der Waals surface area contributed by atoms with Crippen LogP contribution in [0.15, 0.2) is 37.2 Å². The Morgan fingerprint density at radius 2 is 2.07 bits per heavy atom. The molecular formula is C20H18ClF3N4. The van der Waals surface area contributed by atoms with Gasteiger partial charge in [0.05, 0.1) is 16.6 Å². The lowest BCUT2D eigenvalue weighted by molar-refractivity contribution is -0.137. The number of imidazole rings is 1. The summed E-state index contributed by atoms with van der Waals surface area (Å²) in [5.74, 6) is 1.35. The van der Waals surface area contributed by atoms with Gasteiger partial charge in [0.25, 0.3) is 0 Å². The van der Waals surface area contributed by atoms with Gasteiger partial charge in [0.15, 0.2) is 5.65 Å². The van der Waals surface area contributed by atoms with E-state index in [4.69, 9.17) is 16.6 Å². The molecule has 1 aliphatic carbocycles. The van der Waals surface area contributed by atoms with Crippen molar-refractivity contribution < 1.29 is 13.2 Å². The fraction of sp³-hybridized carbons (Fsp3) is 0.350. The maximum Gasteiger partial charge on any atom is 0.416 e. The molecular weight excluding hydrogens is 389 g/mol. The fourth-order valence-corrected chi connectivity index (χ4v) is 3.81. The number of alkyl halides is 3. The van der Waals surface area contributed by atoms with Crippen molar-refractivity contribution in [1.82, 2.24) is 19.5 Å². The van der Waals surface area contributed by atoms with Crippen LogP contribution in [-0.4, -0.2) is 19.5 Å². The van der Waals surface area contributed by atoms with Crippen LogP contribution >= 0.6 is 11.6 Å². The van der Waals surface area contributed by atoms with Crippen LogP contribution in [0.2, 0.25) is 5.02 Å². The number of hydrogen-bond acceptors (Lipinski definition) is 3. The molecule has 4 nitrogen and oxygen atoms in total. The van der Waals surface area contributed by atoms with E-state index in [1.807, 2.05) is 13.0 Å². The molecule has 0 aliphatic heterocycles. The van der Waals surface area contributed by atoms with Crippen LogP contribution in [0.25, 0.3) is 22.4 Å². The Balaban J connectivity index is 1.90. The van der Waals surface area contributed by atoms with Crippen molar-refractivity contribution in [2.24, 2.45) is 5.92 Å². The van der Waals surface area contributed by atoms with Gasteiger partial charge in [0.2, 0.25) is 0 Å². The van der Waals surface area contributed by atoms with Gasteiger partial charge in [-0.1, -0.05) is 30.7 Å². The number of allylic oxidation sites excluding steroid dienone is 1. The molecule has 1 saturated carbocycles. The maximum atomic E-state index is 13.0. The topological polar surface area (TPSA) is 43.6 Å². The summed E-state index contributed by atoms with van der Waals surface area (Å²) in [6.07, 6.45) is 1.79. The molecule has 0 spiro atoms. The standard InChI is InChI=1S/C20H18ClF3N4/c1-3-15(11-5-6-11)28-16(4-2)27-18-17(25-10-26-19(18)28)13-8-7-12(9-14(13)21)20(22,23)24/h3,7-11,15H,1,4-6H2,2H3. The zero-order chi connectivity index (χ0) is 20.1. The molecule has 1 aliphatic rings. The lowest BCUT2D eigenvalue weighted by Gasteiger charge is -2.16. The average Bonchev–Trinajstić information content (AvgIpc) is 3.42. The molecule has 2 aromatic heterocycles. The quantitative estimate of drug-likeness (QED) is 0.498. The molecule has 0 N–H and O–H groups in total. The number of hydrogen-bond donors (Lipinski definition) is 0. The van der Waals surface area contributed by atoms with Crippen LogP contribution in [0.3, 0.4) is 0 Å². The number of halogens is 4. The van der Waals surface area contributed by atoms with Crippen molar-refractivity contribution in [1.29, 1.82) is 0 Å². The molecule has 1 fully saturated rings. The molecule has 2 heterocycles. The summed E-state index contributed by atoms with van der Waals surface area (Å²) in [5.41, 5.74) is 1.21. The lowest BCUT2D eigenvalue weighted by Crippen LogP contribution is -2.12. The van der Waals surface area contributed by atoms with Crippen molar-refractivity contribution in [3.05, 3.63) is 53.6 Å². The third-order valence-corrected chi connectivity index (χ3v) is 5.38. The summed E-state index contributed by atoms with van der Waals surface area (Å²) in [4.78, 5) is 13.4. The van der Waals surface area contributed by atoms with Gasteiger partial charge in [0, 0.05) is 12.0 Å². The molecule has 8 heteroatoms. The van der Waals surface area contributed by atoms with Crippen molar-refractivity contribution in [2.75, 3.05) is 0 Å². The zero-order valence-electron chi connectivity index (χ0n) is 15.2. The molecule has 1 atom stereocenters. The zero-order valence-corrected chi connectivity index (χ0v) is 15.9. The second-order valence-electron chi connectivity index (χ2n) is 6.90. The van der Waals surface area contributed by atoms with E-state index in [2.05, 4.69) is 21.1 Å². The highest BCUT2D eigenvalue weighted by molar-refractivity contribution is 6.33. The van der Waals surface area contributed by atoms with Crippen LogP contribution in [0.5, 0.6) is 0 Å². The van der Waals surface area contributed by atoms with E-state index in [-0.39, 0.29) is 11.1 Å². The SMILES string of the molecule is C=CC(C1CC1)n1c(CC)nc2c(-c3ccc(C(F)(F)F)cc3Cl)ncnc21. The van der Waals surface area contributed by atoms with Gasteiger partial charge in [-0.25, -0.2) is 15.0 Å². The summed E-state index contributed by atoms with van der Waals surface area (Å²) in [6.45, 7) is 5.97. The van der Waals surface area contributed by atoms with Crippen molar-refractivity contribution in [3.8, 4) is 11.3 Å². The highest BCUT2D eigenvalue weighted by atomic mass is 35.5. The summed E-state index contributed by atoms with van der Waals surface area (Å²) in [5, 5.41) is -0.0233. The Kier molecular flexibility index (Phi) is 4.65. The molecule has 3 aromatic rings. The van der Waals surface area contributed by atoms with E-state index in [9.17, 15) is 13.2 Å². The minimum atomic E-state index is -4.46. The predicted molar refractivity (Wildman–Crippen MR) is 102 cm³/mol. The average molecular weight is 407 g/mol. The molecule has 0 bridgehead atoms. The molecule has 28 heavy (non-hydrogen) atoms. The monoisotopic (exact) mass is 406 g/mol. The minimum Gasteiger partial charge on any atom is -0.305 e. The fourth-order valence-electron chi connectivity index (χ4n) is 3.54. The third kappa shape index (κ3) is 3.17. The Labute approximate surface area is 165 Å². The Hall–Kier alpha value is -2.41. The highest BCUT2D eigenvalue weighted by Crippen LogP contribution is 2.43. The molecule has 4 rings (SSSR count). The molecule has 1 aromatic carbocycles. The second-order valence-corrected chi connectivity index (χ2v) is 7.31. The van der Waals surface area contributed by atoms with E-state index in [1.54, 1.807) is 0 Å². The van der Waals surface area contributed by atoms with E-state index < -0.39 is 11.7 Å². The first-order chi connectivity index (χ1) is 13.3. The van der Waals surface area contributed by atoms with E-state index in [0.29, 0.717) is 34.8 Å². The smallest absolute Gasteiger partial charge is 0.305 e. The number of nitrogens with zero attached hydrogens (tertiary/aromatic N) is 4. The summed E-state index contributed by atoms with van der Waals surface area (Å²) in [7, 11) is 0. The van der Waals surface area contributed by atoms with Crippen molar-refractivity contribution >= 4 is 22.8 Å². The maximum absolute atomic E-state index is 13.0. The van der Waals surface area contributed by atoms with Gasteiger partial charge in [-0.3, -0.25) is 0 Å². The Morgan fingerprint density at radius 1 is 1.32 bits per heavy atom. The van der Waals surface area contributed by atoms with E-state index >= 15 is 0 Å². The number of benzene rings is 1. The van der Waals surface area contributed by atoms with Gasteiger partial charge in [-0.2, -0.15) is 13.2 Å². The van der Waals surface area contributed by atoms with Gasteiger partial charge in [-0.15, -0.1) is 6.58 Å². The summed E-state index contributed by atoms with van der Waals surface area (Å²) < 4.78 is 40.9. The predicted octanol–water partition coefficient (Wildman–Crippen LogP) is 5.87. The van der Waals surface area contributed by atoms with Gasteiger partial charge >= 0.3 is 6.18 Å². The first kappa shape index (κ1) is 18.9. The second kappa shape index (κ2) is 6.88. The van der Waals surface area contributed by atoms with E-state index in [0.717, 1.165) is 30.8 Å². The van der Waals surface area contributed by atoms with Crippen LogP contribution in [-0.2, 0) is 12.6 Å². The lowest BCUT2D eigenvalue weighted by atomic mass is 10.1. The summed E-state index contributed by atoms with van der Waals surface area (Å²) in [6, 6.07) is 3.34. The van der Waals surface area contributed by atoms with Gasteiger partial charge < -0.3 is 4.57 Å². The number of fused-ring (bicyclic) bond motifs is 1. The number of aryl methyl sites for hydroxylation is 1. The normalized spacial score (nSPS) is 15.8. The molecule has 0 saturated heterocycles. The van der Waals surface area contributed by atoms with Crippen LogP contribution in [0.1, 0.15) is 37.2 Å². The first-order valence-corrected chi connectivity index (χ1v) is 9.44. The molecule has 146 valence electrons. The van der Waals surface area contributed by atoms with Gasteiger partial charge in [0.1, 0.15) is 23.4 Å². The van der Waals surface area contributed by atoms with Crippen molar-refractivity contribution in [3.63, 3.8) is 0 Å². The van der Waals surface area contributed by atoms with Crippen LogP contribution in [0.4, 0.5) is 13.2 Å². The molecule has 0 radical (unpaired) electrons. The summed E-state index contributed by atoms with van der Waals surface area (Å²) >= 11 is 6.19. The number of rotatable bonds is 5. The van der Waals surface area contributed by atoms with Gasteiger partial charge in [-0.05, 0) is 30.9 Å². The minimum absolute atomic E-state index is 0.0233. The molecule has 1 unspecified atom stereocenters. The molecule has 0 amide bonds. The van der Waals surface area contributed by atoms with Crippen LogP contribution in [0, 0.1) is 5.92 Å². The van der Waals surface area contributed by atoms with E-state index in [1.165, 1.54) is 12.4 Å². The first-order valence-electron chi connectivity index (χ1n) is 9.06. The Bertz CT molecular complexity index is 1050. The number of aromatic nitrogens is 4. The third-order valence-electron chi connectivity index (χ3n) is 5.06. The van der Waals surface area contributed by atoms with Crippen LogP contribution < -0.4 is 0 Å². The van der Waals surface area contributed by atoms with Crippen molar-refractivity contribution in [2.45, 2.75) is 38.4 Å². The largest absolute Gasteiger partial charge is 0.416 e.